The zero-order chi connectivity index (χ0) is 12.1. The number of aromatic amines is 1. The monoisotopic (exact) mass is 236 g/mol. The van der Waals surface area contributed by atoms with E-state index >= 15 is 0 Å². The summed E-state index contributed by atoms with van der Waals surface area (Å²) in [5.41, 5.74) is -0.0640. The molecular weight excluding hydrogens is 216 g/mol. The molecule has 0 radical (unpaired) electrons. The summed E-state index contributed by atoms with van der Waals surface area (Å²) in [4.78, 5) is 18.6. The number of hydrogen-bond acceptors (Lipinski definition) is 4. The van der Waals surface area contributed by atoms with Gasteiger partial charge in [-0.1, -0.05) is 6.92 Å². The Morgan fingerprint density at radius 2 is 2.24 bits per heavy atom. The summed E-state index contributed by atoms with van der Waals surface area (Å²) in [6.45, 7) is 4.85. The van der Waals surface area contributed by atoms with Crippen molar-refractivity contribution in [1.29, 1.82) is 0 Å². The van der Waals surface area contributed by atoms with Gasteiger partial charge in [0.1, 0.15) is 11.6 Å². The van der Waals surface area contributed by atoms with E-state index in [2.05, 4.69) is 27.5 Å². The van der Waals surface area contributed by atoms with Gasteiger partial charge in [-0.15, -0.1) is 0 Å². The van der Waals surface area contributed by atoms with Crippen molar-refractivity contribution in [1.82, 2.24) is 15.3 Å². The Morgan fingerprint density at radius 1 is 1.41 bits per heavy atom. The summed E-state index contributed by atoms with van der Waals surface area (Å²) in [5, 5.41) is 6.47. The molecule has 0 unspecified atom stereocenters. The summed E-state index contributed by atoms with van der Waals surface area (Å²) >= 11 is 0. The van der Waals surface area contributed by atoms with Crippen molar-refractivity contribution in [3.63, 3.8) is 0 Å². The highest BCUT2D eigenvalue weighted by Gasteiger charge is 2.26. The summed E-state index contributed by atoms with van der Waals surface area (Å²) in [6.07, 6.45) is 3.42. The van der Waals surface area contributed by atoms with Crippen LogP contribution in [0.5, 0.6) is 0 Å². The van der Waals surface area contributed by atoms with Gasteiger partial charge in [-0.3, -0.25) is 4.79 Å². The molecule has 5 nitrogen and oxygen atoms in total. The number of H-pyrrole nitrogens is 1. The number of rotatable bonds is 7. The maximum Gasteiger partial charge on any atom is 0.252 e. The minimum absolute atomic E-state index is 0.0640. The van der Waals surface area contributed by atoms with Crippen LogP contribution in [0.25, 0.3) is 0 Å². The molecule has 1 aliphatic carbocycles. The third kappa shape index (κ3) is 3.85. The van der Waals surface area contributed by atoms with Gasteiger partial charge in [-0.25, -0.2) is 4.98 Å². The molecule has 3 N–H and O–H groups in total. The fourth-order valence-electron chi connectivity index (χ4n) is 1.70. The van der Waals surface area contributed by atoms with Crippen LogP contribution in [0.3, 0.4) is 0 Å². The topological polar surface area (TPSA) is 69.8 Å². The van der Waals surface area contributed by atoms with Crippen molar-refractivity contribution in [2.45, 2.75) is 32.1 Å². The van der Waals surface area contributed by atoms with Gasteiger partial charge >= 0.3 is 0 Å². The van der Waals surface area contributed by atoms with Crippen LogP contribution >= 0.6 is 0 Å². The first-order chi connectivity index (χ1) is 8.29. The average Bonchev–Trinajstić information content (AvgIpc) is 3.12. The van der Waals surface area contributed by atoms with Crippen LogP contribution in [-0.4, -0.2) is 29.6 Å². The molecule has 0 saturated heterocycles. The lowest BCUT2D eigenvalue weighted by molar-refractivity contribution is 0.686. The third-order valence-corrected chi connectivity index (χ3v) is 2.76. The maximum absolute atomic E-state index is 11.4. The molecule has 0 atom stereocenters. The van der Waals surface area contributed by atoms with Crippen LogP contribution in [0.4, 0.5) is 5.82 Å². The van der Waals surface area contributed by atoms with E-state index < -0.39 is 0 Å². The molecule has 1 heterocycles. The first kappa shape index (κ1) is 12.1. The lowest BCUT2D eigenvalue weighted by atomic mass is 10.4. The lowest BCUT2D eigenvalue weighted by Crippen LogP contribution is -2.24. The molecule has 0 amide bonds. The van der Waals surface area contributed by atoms with Gasteiger partial charge in [0, 0.05) is 25.1 Å². The van der Waals surface area contributed by atoms with E-state index in [9.17, 15) is 4.79 Å². The van der Waals surface area contributed by atoms with Crippen molar-refractivity contribution in [3.8, 4) is 0 Å². The quantitative estimate of drug-likeness (QED) is 0.619. The van der Waals surface area contributed by atoms with Crippen molar-refractivity contribution in [2.75, 3.05) is 25.0 Å². The number of aromatic nitrogens is 2. The number of nitrogens with one attached hydrogen (secondary N) is 3. The normalized spacial score (nSPS) is 14.9. The van der Waals surface area contributed by atoms with Crippen LogP contribution in [0.15, 0.2) is 10.9 Å². The van der Waals surface area contributed by atoms with E-state index in [-0.39, 0.29) is 5.56 Å². The molecule has 2 rings (SSSR count). The molecule has 5 heteroatoms. The molecule has 17 heavy (non-hydrogen) atoms. The Hall–Kier alpha value is -1.36. The third-order valence-electron chi connectivity index (χ3n) is 2.76. The van der Waals surface area contributed by atoms with E-state index in [0.29, 0.717) is 11.7 Å². The van der Waals surface area contributed by atoms with Crippen LogP contribution in [-0.2, 0) is 0 Å². The highest BCUT2D eigenvalue weighted by atomic mass is 16.1. The van der Waals surface area contributed by atoms with Crippen molar-refractivity contribution in [2.24, 2.45) is 0 Å². The molecule has 0 spiro atoms. The SMILES string of the molecule is CCCNCCNc1cc(=O)[nH]c(C2CC2)n1. The molecule has 1 saturated carbocycles. The zero-order valence-electron chi connectivity index (χ0n) is 10.3. The second kappa shape index (κ2) is 5.82. The standard InChI is InChI=1S/C12H20N4O/c1-2-5-13-6-7-14-10-8-11(17)16-12(15-10)9-3-4-9/h8-9,13H,2-7H2,1H3,(H2,14,15,16,17). The Bertz CT molecular complexity index is 411. The summed E-state index contributed by atoms with van der Waals surface area (Å²) in [7, 11) is 0. The van der Waals surface area contributed by atoms with E-state index in [4.69, 9.17) is 0 Å². The largest absolute Gasteiger partial charge is 0.369 e. The van der Waals surface area contributed by atoms with Crippen LogP contribution in [0.2, 0.25) is 0 Å². The molecule has 1 aliphatic rings. The summed E-state index contributed by atoms with van der Waals surface area (Å²) in [5.74, 6) is 2.00. The van der Waals surface area contributed by atoms with Gasteiger partial charge < -0.3 is 15.6 Å². The van der Waals surface area contributed by atoms with Crippen molar-refractivity contribution in [3.05, 3.63) is 22.2 Å². The molecule has 1 aromatic heterocycles. The van der Waals surface area contributed by atoms with E-state index in [1.165, 1.54) is 6.07 Å². The Kier molecular flexibility index (Phi) is 4.14. The summed E-state index contributed by atoms with van der Waals surface area (Å²) in [6, 6.07) is 1.52. The Balaban J connectivity index is 1.85. The molecule has 94 valence electrons. The van der Waals surface area contributed by atoms with Crippen molar-refractivity contribution >= 4 is 5.82 Å². The van der Waals surface area contributed by atoms with Gasteiger partial charge in [0.2, 0.25) is 0 Å². The number of nitrogens with zero attached hydrogens (tertiary/aromatic N) is 1. The Labute approximate surface area is 101 Å². The molecule has 0 aromatic carbocycles. The first-order valence-corrected chi connectivity index (χ1v) is 6.35. The van der Waals surface area contributed by atoms with Gasteiger partial charge in [0.15, 0.2) is 0 Å². The van der Waals surface area contributed by atoms with E-state index in [1.807, 2.05) is 0 Å². The molecule has 0 aliphatic heterocycles. The van der Waals surface area contributed by atoms with E-state index in [0.717, 1.165) is 44.7 Å². The van der Waals surface area contributed by atoms with E-state index in [1.54, 1.807) is 0 Å². The summed E-state index contributed by atoms with van der Waals surface area (Å²) < 4.78 is 0. The highest BCUT2D eigenvalue weighted by Crippen LogP contribution is 2.37. The fourth-order valence-corrected chi connectivity index (χ4v) is 1.70. The first-order valence-electron chi connectivity index (χ1n) is 6.35. The average molecular weight is 236 g/mol. The van der Waals surface area contributed by atoms with Gasteiger partial charge in [0.05, 0.1) is 0 Å². The Morgan fingerprint density at radius 3 is 2.94 bits per heavy atom. The van der Waals surface area contributed by atoms with Gasteiger partial charge in [-0.2, -0.15) is 0 Å². The molecule has 1 aromatic rings. The zero-order valence-corrected chi connectivity index (χ0v) is 10.3. The van der Waals surface area contributed by atoms with Crippen LogP contribution in [0.1, 0.15) is 37.9 Å². The molecule has 1 fully saturated rings. The van der Waals surface area contributed by atoms with Gasteiger partial charge in [0.25, 0.3) is 5.56 Å². The second-order valence-electron chi connectivity index (χ2n) is 4.47. The van der Waals surface area contributed by atoms with Crippen LogP contribution in [0, 0.1) is 0 Å². The second-order valence-corrected chi connectivity index (χ2v) is 4.47. The minimum Gasteiger partial charge on any atom is -0.369 e. The maximum atomic E-state index is 11.4. The molecular formula is C12H20N4O. The lowest BCUT2D eigenvalue weighted by Gasteiger charge is -2.07. The minimum atomic E-state index is -0.0640. The smallest absolute Gasteiger partial charge is 0.252 e. The predicted molar refractivity (Wildman–Crippen MR) is 68.5 cm³/mol. The molecule has 0 bridgehead atoms. The van der Waals surface area contributed by atoms with Crippen molar-refractivity contribution < 1.29 is 0 Å². The van der Waals surface area contributed by atoms with Gasteiger partial charge in [-0.05, 0) is 25.8 Å². The highest BCUT2D eigenvalue weighted by molar-refractivity contribution is 5.33. The number of anilines is 1. The number of hydrogen-bond donors (Lipinski definition) is 3. The van der Waals surface area contributed by atoms with Crippen LogP contribution < -0.4 is 16.2 Å². The predicted octanol–water partition coefficient (Wildman–Crippen LogP) is 1.06. The fraction of sp³-hybridized carbons (Fsp3) is 0.667.